The Balaban J connectivity index is 1.93. The van der Waals surface area contributed by atoms with Gasteiger partial charge in [-0.2, -0.15) is 0 Å². The van der Waals surface area contributed by atoms with E-state index in [-0.39, 0.29) is 0 Å². The topological polar surface area (TPSA) is 38.5 Å². The second-order valence-electron chi connectivity index (χ2n) is 6.98. The Morgan fingerprint density at radius 3 is 2.40 bits per heavy atom. The highest BCUT2D eigenvalue weighted by molar-refractivity contribution is 5.51. The summed E-state index contributed by atoms with van der Waals surface area (Å²) in [7, 11) is 1.67. The largest absolute Gasteiger partial charge is 0.497 e. The van der Waals surface area contributed by atoms with Crippen LogP contribution >= 0.6 is 0 Å². The summed E-state index contributed by atoms with van der Waals surface area (Å²) in [5, 5.41) is 0. The maximum Gasteiger partial charge on any atom is 0.120 e. The lowest BCUT2D eigenvalue weighted by Gasteiger charge is -2.38. The molecule has 2 N–H and O–H groups in total. The molecule has 1 aliphatic rings. The van der Waals surface area contributed by atoms with Gasteiger partial charge in [0.25, 0.3) is 0 Å². The van der Waals surface area contributed by atoms with Gasteiger partial charge in [-0.05, 0) is 48.9 Å². The molecule has 1 aliphatic heterocycles. The quantitative estimate of drug-likeness (QED) is 0.858. The second kappa shape index (κ2) is 6.04. The van der Waals surface area contributed by atoms with E-state index in [1.165, 1.54) is 31.5 Å². The predicted octanol–water partition coefficient (Wildman–Crippen LogP) is 3.54. The molecular formula is C17H28N2O. The number of likely N-dealkylation sites (tertiary alicyclic amines) is 1. The van der Waals surface area contributed by atoms with Crippen LogP contribution in [0.4, 0.5) is 5.69 Å². The highest BCUT2D eigenvalue weighted by Gasteiger charge is 2.28. The van der Waals surface area contributed by atoms with Crippen molar-refractivity contribution >= 4 is 5.69 Å². The molecule has 1 aromatic carbocycles. The lowest BCUT2D eigenvalue weighted by Crippen LogP contribution is -2.37. The lowest BCUT2D eigenvalue weighted by molar-refractivity contribution is 0.108. The molecule has 0 radical (unpaired) electrons. The van der Waals surface area contributed by atoms with E-state index in [0.29, 0.717) is 5.41 Å². The minimum absolute atomic E-state index is 0.436. The molecule has 0 unspecified atom stereocenters. The van der Waals surface area contributed by atoms with Crippen molar-refractivity contribution in [1.29, 1.82) is 0 Å². The first kappa shape index (κ1) is 15.2. The van der Waals surface area contributed by atoms with E-state index < -0.39 is 0 Å². The summed E-state index contributed by atoms with van der Waals surface area (Å²) in [6.07, 6.45) is 2.58. The van der Waals surface area contributed by atoms with Crippen LogP contribution in [0, 0.1) is 11.3 Å². The first-order valence-corrected chi connectivity index (χ1v) is 7.55. The number of nitrogen functional groups attached to an aromatic ring is 1. The summed E-state index contributed by atoms with van der Waals surface area (Å²) in [5.74, 6) is 1.67. The van der Waals surface area contributed by atoms with Gasteiger partial charge in [-0.25, -0.2) is 0 Å². The number of anilines is 1. The van der Waals surface area contributed by atoms with Gasteiger partial charge in [-0.1, -0.05) is 26.8 Å². The van der Waals surface area contributed by atoms with Crippen molar-refractivity contribution in [3.05, 3.63) is 23.8 Å². The van der Waals surface area contributed by atoms with Crippen LogP contribution < -0.4 is 10.5 Å². The molecule has 1 saturated heterocycles. The average Bonchev–Trinajstić information content (AvgIpc) is 2.40. The van der Waals surface area contributed by atoms with Crippen LogP contribution in [0.5, 0.6) is 5.75 Å². The van der Waals surface area contributed by atoms with Crippen LogP contribution in [0.2, 0.25) is 0 Å². The fraction of sp³-hybridized carbons (Fsp3) is 0.647. The molecule has 112 valence electrons. The van der Waals surface area contributed by atoms with E-state index in [9.17, 15) is 0 Å². The predicted molar refractivity (Wildman–Crippen MR) is 84.9 cm³/mol. The molecule has 0 saturated carbocycles. The van der Waals surface area contributed by atoms with Crippen molar-refractivity contribution in [2.45, 2.75) is 40.2 Å². The van der Waals surface area contributed by atoms with Gasteiger partial charge in [0, 0.05) is 18.3 Å². The standard InChI is InChI=1S/C17H28N2O/c1-17(2,3)14-7-9-19(10-8-14)12-13-5-6-15(20-4)11-16(13)18/h5-6,11,14H,7-10,12,18H2,1-4H3. The zero-order chi connectivity index (χ0) is 14.8. The normalized spacial score (nSPS) is 18.2. The lowest BCUT2D eigenvalue weighted by atomic mass is 9.75. The highest BCUT2D eigenvalue weighted by Crippen LogP contribution is 2.34. The third-order valence-corrected chi connectivity index (χ3v) is 4.56. The molecule has 0 atom stereocenters. The second-order valence-corrected chi connectivity index (χ2v) is 6.98. The summed E-state index contributed by atoms with van der Waals surface area (Å²) in [6.45, 7) is 10.4. The van der Waals surface area contributed by atoms with Crippen molar-refractivity contribution < 1.29 is 4.74 Å². The molecule has 1 heterocycles. The van der Waals surface area contributed by atoms with Gasteiger partial charge >= 0.3 is 0 Å². The minimum Gasteiger partial charge on any atom is -0.497 e. The zero-order valence-corrected chi connectivity index (χ0v) is 13.3. The number of hydrogen-bond acceptors (Lipinski definition) is 3. The van der Waals surface area contributed by atoms with E-state index >= 15 is 0 Å². The Kier molecular flexibility index (Phi) is 4.59. The van der Waals surface area contributed by atoms with Gasteiger partial charge in [0.15, 0.2) is 0 Å². The Labute approximate surface area is 123 Å². The third kappa shape index (κ3) is 3.66. The number of nitrogens with two attached hydrogens (primary N) is 1. The molecule has 3 nitrogen and oxygen atoms in total. The summed E-state index contributed by atoms with van der Waals surface area (Å²) in [6, 6.07) is 5.99. The zero-order valence-electron chi connectivity index (χ0n) is 13.3. The van der Waals surface area contributed by atoms with Crippen LogP contribution in [-0.2, 0) is 6.54 Å². The van der Waals surface area contributed by atoms with E-state index in [2.05, 4.69) is 31.7 Å². The maximum atomic E-state index is 6.10. The molecule has 0 bridgehead atoms. The van der Waals surface area contributed by atoms with Crippen LogP contribution in [0.3, 0.4) is 0 Å². The van der Waals surface area contributed by atoms with Gasteiger partial charge in [-0.3, -0.25) is 4.90 Å². The monoisotopic (exact) mass is 276 g/mol. The van der Waals surface area contributed by atoms with Crippen molar-refractivity contribution in [2.75, 3.05) is 25.9 Å². The van der Waals surface area contributed by atoms with Gasteiger partial charge in [0.1, 0.15) is 5.75 Å². The van der Waals surface area contributed by atoms with Crippen molar-refractivity contribution in [3.63, 3.8) is 0 Å². The van der Waals surface area contributed by atoms with Crippen LogP contribution in [-0.4, -0.2) is 25.1 Å². The Bertz CT molecular complexity index is 443. The molecule has 0 aromatic heterocycles. The molecule has 20 heavy (non-hydrogen) atoms. The molecule has 1 aromatic rings. The first-order chi connectivity index (χ1) is 9.40. The van der Waals surface area contributed by atoms with E-state index in [4.69, 9.17) is 10.5 Å². The molecule has 0 aliphatic carbocycles. The number of piperidine rings is 1. The molecule has 1 fully saturated rings. The maximum absolute atomic E-state index is 6.10. The molecule has 2 rings (SSSR count). The van der Waals surface area contributed by atoms with Gasteiger partial charge in [-0.15, -0.1) is 0 Å². The summed E-state index contributed by atoms with van der Waals surface area (Å²) >= 11 is 0. The Morgan fingerprint density at radius 2 is 1.90 bits per heavy atom. The van der Waals surface area contributed by atoms with Crippen molar-refractivity contribution in [1.82, 2.24) is 4.90 Å². The fourth-order valence-corrected chi connectivity index (χ4v) is 3.04. The van der Waals surface area contributed by atoms with E-state index in [1.54, 1.807) is 7.11 Å². The SMILES string of the molecule is COc1ccc(CN2CCC(C(C)(C)C)CC2)c(N)c1. The Morgan fingerprint density at radius 1 is 1.25 bits per heavy atom. The van der Waals surface area contributed by atoms with Crippen LogP contribution in [0.15, 0.2) is 18.2 Å². The van der Waals surface area contributed by atoms with Gasteiger partial charge < -0.3 is 10.5 Å². The molecule has 0 spiro atoms. The minimum atomic E-state index is 0.436. The first-order valence-electron chi connectivity index (χ1n) is 7.55. The number of methoxy groups -OCH3 is 1. The number of nitrogens with zero attached hydrogens (tertiary/aromatic N) is 1. The van der Waals surface area contributed by atoms with Crippen molar-refractivity contribution in [2.24, 2.45) is 11.3 Å². The van der Waals surface area contributed by atoms with Crippen LogP contribution in [0.25, 0.3) is 0 Å². The molecular weight excluding hydrogens is 248 g/mol. The summed E-state index contributed by atoms with van der Waals surface area (Å²) < 4.78 is 5.20. The van der Waals surface area contributed by atoms with E-state index in [0.717, 1.165) is 23.9 Å². The highest BCUT2D eigenvalue weighted by atomic mass is 16.5. The van der Waals surface area contributed by atoms with E-state index in [1.807, 2.05) is 12.1 Å². The van der Waals surface area contributed by atoms with Crippen LogP contribution in [0.1, 0.15) is 39.2 Å². The number of hydrogen-bond donors (Lipinski definition) is 1. The Hall–Kier alpha value is -1.22. The molecule has 3 heteroatoms. The number of ether oxygens (including phenoxy) is 1. The number of benzene rings is 1. The smallest absolute Gasteiger partial charge is 0.120 e. The third-order valence-electron chi connectivity index (χ3n) is 4.56. The van der Waals surface area contributed by atoms with Gasteiger partial charge in [0.2, 0.25) is 0 Å². The fourth-order valence-electron chi connectivity index (χ4n) is 3.04. The van der Waals surface area contributed by atoms with Gasteiger partial charge in [0.05, 0.1) is 7.11 Å². The average molecular weight is 276 g/mol. The molecule has 0 amide bonds. The van der Waals surface area contributed by atoms with Crippen molar-refractivity contribution in [3.8, 4) is 5.75 Å². The number of rotatable bonds is 3. The summed E-state index contributed by atoms with van der Waals surface area (Å²) in [4.78, 5) is 2.51. The summed E-state index contributed by atoms with van der Waals surface area (Å²) in [5.41, 5.74) is 8.58.